The van der Waals surface area contributed by atoms with Gasteiger partial charge in [-0.05, 0) is 30.9 Å². The molecule has 1 aromatic carbocycles. The molecule has 1 saturated heterocycles. The molecule has 3 rings (SSSR count). The molecular weight excluding hydrogens is 540 g/mol. The third-order valence-corrected chi connectivity index (χ3v) is 6.65. The Morgan fingerprint density at radius 1 is 0.829 bits per heavy atom. The van der Waals surface area contributed by atoms with Gasteiger partial charge in [0.25, 0.3) is 17.7 Å². The van der Waals surface area contributed by atoms with Crippen molar-refractivity contribution in [3.8, 4) is 0 Å². The summed E-state index contributed by atoms with van der Waals surface area (Å²) in [7, 11) is 1.37. The standard InChI is InChI=1S/C28H38N2O11/c1-29-23(31)8-7-22(27(29)35)30-26(34)21-6-2-4-20(25(21)28(30)36)5-3-10-37-12-14-39-16-18-41-19-17-40-15-13-38-11-9-24(32)33/h2,4,6,22H,3,5,7-19H2,1H3,(H,32,33). The summed E-state index contributed by atoms with van der Waals surface area (Å²) in [6, 6.07) is 4.15. The van der Waals surface area contributed by atoms with E-state index in [-0.39, 0.29) is 37.3 Å². The van der Waals surface area contributed by atoms with Crippen LogP contribution < -0.4 is 0 Å². The van der Waals surface area contributed by atoms with E-state index in [0.29, 0.717) is 77.9 Å². The maximum atomic E-state index is 13.2. The number of fused-ring (bicyclic) bond motifs is 1. The minimum atomic E-state index is -0.969. The molecule has 1 fully saturated rings. The molecule has 13 heteroatoms. The number of carboxylic acids is 1. The summed E-state index contributed by atoms with van der Waals surface area (Å²) < 4.78 is 26.9. The second-order valence-electron chi connectivity index (χ2n) is 9.47. The van der Waals surface area contributed by atoms with Gasteiger partial charge in [-0.15, -0.1) is 0 Å². The summed E-state index contributed by atoms with van der Waals surface area (Å²) >= 11 is 0. The molecule has 0 spiro atoms. The molecule has 1 N–H and O–H groups in total. The largest absolute Gasteiger partial charge is 0.481 e. The van der Waals surface area contributed by atoms with E-state index in [4.69, 9.17) is 28.8 Å². The highest BCUT2D eigenvalue weighted by Gasteiger charge is 2.46. The van der Waals surface area contributed by atoms with E-state index in [1.165, 1.54) is 7.05 Å². The van der Waals surface area contributed by atoms with Gasteiger partial charge < -0.3 is 28.8 Å². The molecule has 0 saturated carbocycles. The van der Waals surface area contributed by atoms with Crippen LogP contribution in [0.5, 0.6) is 0 Å². The Morgan fingerprint density at radius 2 is 1.39 bits per heavy atom. The molecule has 0 radical (unpaired) electrons. The maximum Gasteiger partial charge on any atom is 0.305 e. The third kappa shape index (κ3) is 9.40. The zero-order valence-corrected chi connectivity index (χ0v) is 23.3. The van der Waals surface area contributed by atoms with Gasteiger partial charge in [0.05, 0.1) is 77.0 Å². The molecule has 1 unspecified atom stereocenters. The second kappa shape index (κ2) is 16.9. The third-order valence-electron chi connectivity index (χ3n) is 6.65. The number of ether oxygens (including phenoxy) is 5. The number of amides is 4. The van der Waals surface area contributed by atoms with Crippen LogP contribution >= 0.6 is 0 Å². The predicted molar refractivity (Wildman–Crippen MR) is 142 cm³/mol. The monoisotopic (exact) mass is 578 g/mol. The van der Waals surface area contributed by atoms with Crippen LogP contribution in [0.3, 0.4) is 0 Å². The van der Waals surface area contributed by atoms with E-state index in [0.717, 1.165) is 15.4 Å². The lowest BCUT2D eigenvalue weighted by Crippen LogP contribution is -2.54. The number of hydrogen-bond donors (Lipinski definition) is 1. The first-order chi connectivity index (χ1) is 19.8. The van der Waals surface area contributed by atoms with E-state index < -0.39 is 29.7 Å². The number of likely N-dealkylation sites (tertiary alicyclic amines) is 1. The molecule has 4 amide bonds. The number of hydrogen-bond acceptors (Lipinski definition) is 10. The highest BCUT2D eigenvalue weighted by molar-refractivity contribution is 6.24. The predicted octanol–water partition coefficient (Wildman–Crippen LogP) is 0.920. The zero-order chi connectivity index (χ0) is 29.6. The van der Waals surface area contributed by atoms with Crippen LogP contribution in [0.25, 0.3) is 0 Å². The van der Waals surface area contributed by atoms with Gasteiger partial charge in [-0.3, -0.25) is 33.8 Å². The van der Waals surface area contributed by atoms with E-state index in [2.05, 4.69) is 0 Å². The van der Waals surface area contributed by atoms with Crippen molar-refractivity contribution in [3.05, 3.63) is 34.9 Å². The average Bonchev–Trinajstić information content (AvgIpc) is 3.21. The molecule has 41 heavy (non-hydrogen) atoms. The Balaban J connectivity index is 1.24. The number of likely N-dealkylation sites (N-methyl/N-ethyl adjacent to an activating group) is 1. The van der Waals surface area contributed by atoms with Gasteiger partial charge in [-0.2, -0.15) is 0 Å². The Bertz CT molecular complexity index is 1080. The SMILES string of the molecule is CN1C(=O)CCC(N2C(=O)c3cccc(CCCOCCOCCOCCOCCOCCC(=O)O)c3C2=O)C1=O. The van der Waals surface area contributed by atoms with Crippen LogP contribution in [0.2, 0.25) is 0 Å². The lowest BCUT2D eigenvalue weighted by molar-refractivity contribution is -0.149. The quantitative estimate of drug-likeness (QED) is 0.173. The molecule has 13 nitrogen and oxygen atoms in total. The first-order valence-corrected chi connectivity index (χ1v) is 13.7. The lowest BCUT2D eigenvalue weighted by Gasteiger charge is -2.32. The topological polar surface area (TPSA) is 158 Å². The number of piperidine rings is 1. The van der Waals surface area contributed by atoms with Gasteiger partial charge in [-0.25, -0.2) is 0 Å². The molecule has 0 aromatic heterocycles. The summed E-state index contributed by atoms with van der Waals surface area (Å²) in [5, 5.41) is 8.49. The highest BCUT2D eigenvalue weighted by atomic mass is 16.6. The number of benzene rings is 1. The summed E-state index contributed by atoms with van der Waals surface area (Å²) in [5.74, 6) is -2.75. The van der Waals surface area contributed by atoms with E-state index in [1.54, 1.807) is 18.2 Å². The molecule has 2 heterocycles. The Labute approximate surface area is 238 Å². The number of nitrogens with zero attached hydrogens (tertiary/aromatic N) is 2. The van der Waals surface area contributed by atoms with E-state index in [1.807, 2.05) is 0 Å². The van der Waals surface area contributed by atoms with Crippen molar-refractivity contribution < 1.29 is 52.8 Å². The van der Waals surface area contributed by atoms with Crippen LogP contribution in [0, 0.1) is 0 Å². The van der Waals surface area contributed by atoms with Crippen molar-refractivity contribution in [2.24, 2.45) is 0 Å². The van der Waals surface area contributed by atoms with Gasteiger partial charge >= 0.3 is 5.97 Å². The van der Waals surface area contributed by atoms with Crippen LogP contribution in [0.1, 0.15) is 52.0 Å². The fraction of sp³-hybridized carbons (Fsp3) is 0.607. The first-order valence-electron chi connectivity index (χ1n) is 13.7. The van der Waals surface area contributed by atoms with Crippen molar-refractivity contribution >= 4 is 29.6 Å². The molecule has 1 atom stereocenters. The zero-order valence-electron chi connectivity index (χ0n) is 23.3. The summed E-state index contributed by atoms with van der Waals surface area (Å²) in [6.07, 6.45) is 1.37. The second-order valence-corrected chi connectivity index (χ2v) is 9.47. The fourth-order valence-corrected chi connectivity index (χ4v) is 4.51. The molecule has 0 bridgehead atoms. The van der Waals surface area contributed by atoms with Crippen molar-refractivity contribution in [1.29, 1.82) is 0 Å². The Morgan fingerprint density at radius 3 is 1.98 bits per heavy atom. The van der Waals surface area contributed by atoms with Gasteiger partial charge in [0.2, 0.25) is 5.91 Å². The highest BCUT2D eigenvalue weighted by Crippen LogP contribution is 2.31. The number of aryl methyl sites for hydroxylation is 1. The van der Waals surface area contributed by atoms with Crippen LogP contribution in [-0.2, 0) is 44.5 Å². The maximum absolute atomic E-state index is 13.2. The number of carbonyl (C=O) groups is 5. The molecule has 0 aliphatic carbocycles. The van der Waals surface area contributed by atoms with Crippen molar-refractivity contribution in [2.75, 3.05) is 73.1 Å². The Hall–Kier alpha value is -3.23. The molecule has 2 aliphatic rings. The number of carboxylic acid groups (broad SMARTS) is 1. The minimum Gasteiger partial charge on any atom is -0.481 e. The van der Waals surface area contributed by atoms with Gasteiger partial charge in [-0.1, -0.05) is 12.1 Å². The summed E-state index contributed by atoms with van der Waals surface area (Å²) in [6.45, 7) is 3.79. The number of imide groups is 2. The van der Waals surface area contributed by atoms with Gasteiger partial charge in [0.15, 0.2) is 0 Å². The smallest absolute Gasteiger partial charge is 0.305 e. The molecule has 226 valence electrons. The van der Waals surface area contributed by atoms with Crippen molar-refractivity contribution in [3.63, 3.8) is 0 Å². The number of aliphatic carboxylic acids is 1. The van der Waals surface area contributed by atoms with Crippen molar-refractivity contribution in [2.45, 2.75) is 38.1 Å². The average molecular weight is 579 g/mol. The molecule has 1 aromatic rings. The lowest BCUT2D eigenvalue weighted by atomic mass is 9.99. The van der Waals surface area contributed by atoms with Gasteiger partial charge in [0, 0.05) is 20.1 Å². The van der Waals surface area contributed by atoms with E-state index >= 15 is 0 Å². The fourth-order valence-electron chi connectivity index (χ4n) is 4.51. The van der Waals surface area contributed by atoms with Crippen LogP contribution in [-0.4, -0.2) is 124 Å². The normalized spacial score (nSPS) is 17.0. The van der Waals surface area contributed by atoms with E-state index in [9.17, 15) is 24.0 Å². The Kier molecular flexibility index (Phi) is 13.3. The van der Waals surface area contributed by atoms with Gasteiger partial charge in [0.1, 0.15) is 6.04 Å². The summed E-state index contributed by atoms with van der Waals surface area (Å²) in [5.41, 5.74) is 1.33. The minimum absolute atomic E-state index is 0.0243. The van der Waals surface area contributed by atoms with Crippen LogP contribution in [0.4, 0.5) is 0 Å². The number of carbonyl (C=O) groups excluding carboxylic acids is 4. The van der Waals surface area contributed by atoms with Crippen LogP contribution in [0.15, 0.2) is 18.2 Å². The molecule has 2 aliphatic heterocycles. The van der Waals surface area contributed by atoms with Crippen molar-refractivity contribution in [1.82, 2.24) is 9.80 Å². The first kappa shape index (κ1) is 32.3. The molecular formula is C28H38N2O11. The number of rotatable bonds is 20. The summed E-state index contributed by atoms with van der Waals surface area (Å²) in [4.78, 5) is 63.0.